The maximum atomic E-state index is 4.75. The third-order valence-electron chi connectivity index (χ3n) is 6.20. The molecule has 1 saturated heterocycles. The fourth-order valence-corrected chi connectivity index (χ4v) is 5.83. The number of aromatic nitrogens is 2. The molecule has 3 aromatic rings. The summed E-state index contributed by atoms with van der Waals surface area (Å²) in [6.45, 7) is 7.87. The first-order valence-corrected chi connectivity index (χ1v) is 11.0. The summed E-state index contributed by atoms with van der Waals surface area (Å²) in [5, 5.41) is 1.36. The maximum absolute atomic E-state index is 4.75. The number of fused-ring (bicyclic) bond motifs is 3. The summed E-state index contributed by atoms with van der Waals surface area (Å²) in [7, 11) is 0. The van der Waals surface area contributed by atoms with Crippen LogP contribution in [-0.2, 0) is 19.4 Å². The number of hydrogen-bond acceptors (Lipinski definition) is 4. The summed E-state index contributed by atoms with van der Waals surface area (Å²) < 4.78 is 0. The van der Waals surface area contributed by atoms with Crippen LogP contribution in [0.5, 0.6) is 0 Å². The van der Waals surface area contributed by atoms with Crippen molar-refractivity contribution in [2.45, 2.75) is 39.2 Å². The van der Waals surface area contributed by atoms with Gasteiger partial charge in [0.1, 0.15) is 23.5 Å². The second-order valence-corrected chi connectivity index (χ2v) is 9.01. The molecule has 0 unspecified atom stereocenters. The van der Waals surface area contributed by atoms with Gasteiger partial charge in [0.25, 0.3) is 0 Å². The molecule has 3 heterocycles. The quantitative estimate of drug-likeness (QED) is 0.760. The van der Waals surface area contributed by atoms with Crippen LogP contribution in [0.1, 0.15) is 34.4 Å². The van der Waals surface area contributed by atoms with Gasteiger partial charge in [-0.1, -0.05) is 24.3 Å². The van der Waals surface area contributed by atoms with E-state index in [1.54, 1.807) is 21.7 Å². The molecule has 1 N–H and O–H groups in total. The van der Waals surface area contributed by atoms with Gasteiger partial charge < -0.3 is 9.80 Å². The van der Waals surface area contributed by atoms with Gasteiger partial charge >= 0.3 is 0 Å². The Morgan fingerprint density at radius 2 is 1.89 bits per heavy atom. The van der Waals surface area contributed by atoms with Gasteiger partial charge in [0.15, 0.2) is 0 Å². The van der Waals surface area contributed by atoms with Crippen LogP contribution in [0.3, 0.4) is 0 Å². The monoisotopic (exact) mass is 379 g/mol. The Kier molecular flexibility index (Phi) is 4.58. The minimum absolute atomic E-state index is 1.08. The van der Waals surface area contributed by atoms with E-state index in [-0.39, 0.29) is 0 Å². The molecule has 0 atom stereocenters. The van der Waals surface area contributed by atoms with Crippen molar-refractivity contribution < 1.29 is 4.90 Å². The number of nitrogens with one attached hydrogen (secondary N) is 1. The van der Waals surface area contributed by atoms with E-state index < -0.39 is 0 Å². The lowest BCUT2D eigenvalue weighted by molar-refractivity contribution is -0.914. The van der Waals surface area contributed by atoms with Gasteiger partial charge in [0, 0.05) is 10.4 Å². The van der Waals surface area contributed by atoms with Gasteiger partial charge in [0.2, 0.25) is 0 Å². The average molecular weight is 380 g/mol. The second kappa shape index (κ2) is 7.21. The van der Waals surface area contributed by atoms with Crippen LogP contribution >= 0.6 is 11.3 Å². The number of aryl methyl sites for hydroxylation is 3. The van der Waals surface area contributed by atoms with Crippen LogP contribution < -0.4 is 9.80 Å². The van der Waals surface area contributed by atoms with Crippen LogP contribution in [0.4, 0.5) is 5.82 Å². The third kappa shape index (κ3) is 3.23. The Labute approximate surface area is 164 Å². The number of quaternary nitrogens is 1. The molecule has 0 amide bonds. The molecule has 0 spiro atoms. The first kappa shape index (κ1) is 17.1. The van der Waals surface area contributed by atoms with E-state index in [0.29, 0.717) is 0 Å². The molecule has 0 bridgehead atoms. The van der Waals surface area contributed by atoms with Crippen molar-refractivity contribution in [3.8, 4) is 0 Å². The molecule has 140 valence electrons. The van der Waals surface area contributed by atoms with Gasteiger partial charge in [-0.05, 0) is 43.7 Å². The summed E-state index contributed by atoms with van der Waals surface area (Å²) >= 11 is 1.90. The molecule has 1 aliphatic carbocycles. The molecule has 5 heteroatoms. The Morgan fingerprint density at radius 3 is 2.74 bits per heavy atom. The smallest absolute Gasteiger partial charge is 0.141 e. The van der Waals surface area contributed by atoms with E-state index in [0.717, 1.165) is 19.6 Å². The highest BCUT2D eigenvalue weighted by atomic mass is 32.1. The number of benzene rings is 1. The van der Waals surface area contributed by atoms with E-state index in [1.807, 2.05) is 11.3 Å². The highest BCUT2D eigenvalue weighted by Crippen LogP contribution is 2.39. The van der Waals surface area contributed by atoms with Crippen LogP contribution in [0.2, 0.25) is 0 Å². The summed E-state index contributed by atoms with van der Waals surface area (Å²) in [6.07, 6.45) is 6.83. The molecule has 1 aliphatic heterocycles. The van der Waals surface area contributed by atoms with Crippen LogP contribution in [0, 0.1) is 6.92 Å². The van der Waals surface area contributed by atoms with Crippen molar-refractivity contribution in [2.24, 2.45) is 0 Å². The SMILES string of the molecule is Cc1ccccc1C[NH+]1CCN(c2ncnc3sc4c(c23)CCCC4)CC1. The van der Waals surface area contributed by atoms with Gasteiger partial charge in [-0.3, -0.25) is 0 Å². The first-order chi connectivity index (χ1) is 13.3. The molecule has 1 fully saturated rings. The third-order valence-corrected chi connectivity index (χ3v) is 7.40. The first-order valence-electron chi connectivity index (χ1n) is 10.2. The standard InChI is InChI=1S/C22H26N4S/c1-16-6-2-3-7-17(16)14-25-10-12-26(13-11-25)21-20-18-8-4-5-9-19(18)27-22(20)24-15-23-21/h2-3,6-7,15H,4-5,8-14H2,1H3/p+1. The van der Waals surface area contributed by atoms with Crippen molar-refractivity contribution in [1.82, 2.24) is 9.97 Å². The number of rotatable bonds is 3. The van der Waals surface area contributed by atoms with E-state index in [2.05, 4.69) is 41.1 Å². The van der Waals surface area contributed by atoms with Crippen LogP contribution in [-0.4, -0.2) is 36.1 Å². The van der Waals surface area contributed by atoms with Crippen molar-refractivity contribution in [1.29, 1.82) is 0 Å². The molecule has 1 aromatic carbocycles. The Morgan fingerprint density at radius 1 is 1.07 bits per heavy atom. The lowest BCUT2D eigenvalue weighted by Gasteiger charge is -2.33. The summed E-state index contributed by atoms with van der Waals surface area (Å²) in [4.78, 5) is 16.3. The zero-order chi connectivity index (χ0) is 18.2. The summed E-state index contributed by atoms with van der Waals surface area (Å²) in [5.41, 5.74) is 4.44. The molecule has 0 radical (unpaired) electrons. The molecular formula is C22H27N4S+. The minimum Gasteiger partial charge on any atom is -0.345 e. The molecule has 2 aromatic heterocycles. The minimum atomic E-state index is 1.08. The Hall–Kier alpha value is -1.98. The van der Waals surface area contributed by atoms with Crippen molar-refractivity contribution in [3.63, 3.8) is 0 Å². The maximum Gasteiger partial charge on any atom is 0.141 e. The molecule has 4 nitrogen and oxygen atoms in total. The second-order valence-electron chi connectivity index (χ2n) is 7.93. The normalized spacial score (nSPS) is 18.0. The van der Waals surface area contributed by atoms with E-state index in [1.165, 1.54) is 65.9 Å². The van der Waals surface area contributed by atoms with Gasteiger partial charge in [0.05, 0.1) is 31.6 Å². The number of hydrogen-bond donors (Lipinski definition) is 1. The number of anilines is 1. The molecule has 27 heavy (non-hydrogen) atoms. The largest absolute Gasteiger partial charge is 0.345 e. The molecule has 2 aliphatic rings. The molecule has 5 rings (SSSR count). The molecular weight excluding hydrogens is 352 g/mol. The highest BCUT2D eigenvalue weighted by Gasteiger charge is 2.26. The van der Waals surface area contributed by atoms with Crippen molar-refractivity contribution in [3.05, 3.63) is 52.2 Å². The van der Waals surface area contributed by atoms with E-state index >= 15 is 0 Å². The van der Waals surface area contributed by atoms with Gasteiger partial charge in [-0.15, -0.1) is 11.3 Å². The lowest BCUT2D eigenvalue weighted by atomic mass is 9.97. The predicted molar refractivity (Wildman–Crippen MR) is 112 cm³/mol. The fourth-order valence-electron chi connectivity index (χ4n) is 4.60. The highest BCUT2D eigenvalue weighted by molar-refractivity contribution is 7.19. The zero-order valence-electron chi connectivity index (χ0n) is 16.0. The lowest BCUT2D eigenvalue weighted by Crippen LogP contribution is -3.13. The van der Waals surface area contributed by atoms with Gasteiger partial charge in [-0.25, -0.2) is 9.97 Å². The summed E-state index contributed by atoms with van der Waals surface area (Å²) in [5.74, 6) is 1.19. The number of piperazine rings is 1. The van der Waals surface area contributed by atoms with Crippen molar-refractivity contribution in [2.75, 3.05) is 31.1 Å². The van der Waals surface area contributed by atoms with Crippen LogP contribution in [0.15, 0.2) is 30.6 Å². The van der Waals surface area contributed by atoms with E-state index in [4.69, 9.17) is 4.98 Å². The average Bonchev–Trinajstić information content (AvgIpc) is 3.09. The van der Waals surface area contributed by atoms with E-state index in [9.17, 15) is 0 Å². The number of thiophene rings is 1. The number of nitrogens with zero attached hydrogens (tertiary/aromatic N) is 3. The fraction of sp³-hybridized carbons (Fsp3) is 0.455. The predicted octanol–water partition coefficient (Wildman–Crippen LogP) is 2.78. The van der Waals surface area contributed by atoms with Crippen LogP contribution in [0.25, 0.3) is 10.2 Å². The Bertz CT molecular complexity index is 956. The van der Waals surface area contributed by atoms with Gasteiger partial charge in [-0.2, -0.15) is 0 Å². The summed E-state index contributed by atoms with van der Waals surface area (Å²) in [6, 6.07) is 8.80. The zero-order valence-corrected chi connectivity index (χ0v) is 16.8. The Balaban J connectivity index is 1.35. The van der Waals surface area contributed by atoms with Crippen molar-refractivity contribution >= 4 is 27.4 Å². The molecule has 0 saturated carbocycles. The topological polar surface area (TPSA) is 33.5 Å².